The first-order valence-electron chi connectivity index (χ1n) is 3.76. The minimum Gasteiger partial charge on any atom is -0.283 e. The van der Waals surface area contributed by atoms with Crippen LogP contribution in [-0.2, 0) is 10.0 Å². The number of anilines is 1. The van der Waals surface area contributed by atoms with E-state index in [1.807, 2.05) is 4.72 Å². The second-order valence-corrected chi connectivity index (χ2v) is 4.84. The average molecular weight is 249 g/mol. The van der Waals surface area contributed by atoms with Crippen LogP contribution in [0.25, 0.3) is 0 Å². The molecule has 4 nitrogen and oxygen atoms in total. The highest BCUT2D eigenvalue weighted by atomic mass is 35.5. The number of nitrogens with zero attached hydrogens (tertiary/aromatic N) is 1. The van der Waals surface area contributed by atoms with E-state index in [4.69, 9.17) is 16.9 Å². The summed E-state index contributed by atoms with van der Waals surface area (Å²) in [5.74, 6) is -1.35. The van der Waals surface area contributed by atoms with Crippen LogP contribution >= 0.6 is 11.6 Å². The molecule has 1 N–H and O–H groups in total. The van der Waals surface area contributed by atoms with Crippen LogP contribution in [0.2, 0.25) is 5.02 Å². The first kappa shape index (κ1) is 11.8. The molecule has 0 aromatic heterocycles. The van der Waals surface area contributed by atoms with Gasteiger partial charge in [-0.25, -0.2) is 12.8 Å². The van der Waals surface area contributed by atoms with Crippen molar-refractivity contribution in [2.75, 3.05) is 10.5 Å². The zero-order valence-electron chi connectivity index (χ0n) is 7.37. The van der Waals surface area contributed by atoms with E-state index in [1.54, 1.807) is 0 Å². The lowest BCUT2D eigenvalue weighted by Gasteiger charge is -2.05. The predicted molar refractivity (Wildman–Crippen MR) is 54.4 cm³/mol. The highest BCUT2D eigenvalue weighted by Crippen LogP contribution is 2.18. The molecule has 0 aliphatic carbocycles. The van der Waals surface area contributed by atoms with Crippen LogP contribution in [-0.4, -0.2) is 14.2 Å². The monoisotopic (exact) mass is 248 g/mol. The molecule has 7 heteroatoms. The van der Waals surface area contributed by atoms with Crippen LogP contribution in [0.4, 0.5) is 10.1 Å². The number of benzene rings is 1. The van der Waals surface area contributed by atoms with Crippen molar-refractivity contribution in [3.63, 3.8) is 0 Å². The first-order chi connectivity index (χ1) is 6.93. The fourth-order valence-electron chi connectivity index (χ4n) is 0.913. The Kier molecular flexibility index (Phi) is 3.50. The van der Waals surface area contributed by atoms with E-state index in [0.717, 1.165) is 12.1 Å². The van der Waals surface area contributed by atoms with Gasteiger partial charge in [0, 0.05) is 5.02 Å². The van der Waals surface area contributed by atoms with E-state index in [9.17, 15) is 12.8 Å². The van der Waals surface area contributed by atoms with Gasteiger partial charge in [0.1, 0.15) is 5.82 Å². The summed E-state index contributed by atoms with van der Waals surface area (Å²) in [6, 6.07) is 4.75. The van der Waals surface area contributed by atoms with Crippen LogP contribution < -0.4 is 4.72 Å². The fourth-order valence-corrected chi connectivity index (χ4v) is 1.85. The van der Waals surface area contributed by atoms with Crippen molar-refractivity contribution >= 4 is 27.3 Å². The second-order valence-electron chi connectivity index (χ2n) is 2.68. The maximum Gasteiger partial charge on any atom is 0.246 e. The van der Waals surface area contributed by atoms with Crippen LogP contribution in [0.15, 0.2) is 18.2 Å². The molecule has 0 fully saturated rings. The summed E-state index contributed by atoms with van der Waals surface area (Å²) in [5, 5.41) is 8.29. The Labute approximate surface area is 91.3 Å². The van der Waals surface area contributed by atoms with Crippen molar-refractivity contribution < 1.29 is 12.8 Å². The summed E-state index contributed by atoms with van der Waals surface area (Å²) >= 11 is 5.52. The maximum absolute atomic E-state index is 12.8. The van der Waals surface area contributed by atoms with Crippen molar-refractivity contribution in [2.45, 2.75) is 0 Å². The Morgan fingerprint density at radius 2 is 2.13 bits per heavy atom. The molecule has 1 aromatic carbocycles. The maximum atomic E-state index is 12.8. The van der Waals surface area contributed by atoms with Gasteiger partial charge in [-0.2, -0.15) is 5.26 Å². The Hall–Kier alpha value is -1.32. The fraction of sp³-hybridized carbons (Fsp3) is 0.125. The molecule has 0 saturated carbocycles. The van der Waals surface area contributed by atoms with Gasteiger partial charge >= 0.3 is 0 Å². The van der Waals surface area contributed by atoms with Crippen LogP contribution in [0.5, 0.6) is 0 Å². The smallest absolute Gasteiger partial charge is 0.246 e. The molecule has 0 saturated heterocycles. The van der Waals surface area contributed by atoms with Gasteiger partial charge in [-0.1, -0.05) is 11.6 Å². The number of halogens is 2. The largest absolute Gasteiger partial charge is 0.283 e. The second kappa shape index (κ2) is 4.47. The number of hydrogen-bond acceptors (Lipinski definition) is 3. The molecule has 0 spiro atoms. The van der Waals surface area contributed by atoms with Gasteiger partial charge in [-0.05, 0) is 18.2 Å². The zero-order valence-corrected chi connectivity index (χ0v) is 8.94. The average Bonchev–Trinajstić information content (AvgIpc) is 1.99. The van der Waals surface area contributed by atoms with Crippen molar-refractivity contribution in [2.24, 2.45) is 0 Å². The molecule has 0 radical (unpaired) electrons. The van der Waals surface area contributed by atoms with E-state index in [-0.39, 0.29) is 10.7 Å². The van der Waals surface area contributed by atoms with E-state index >= 15 is 0 Å². The van der Waals surface area contributed by atoms with Gasteiger partial charge in [-0.15, -0.1) is 0 Å². The molecule has 0 amide bonds. The van der Waals surface area contributed by atoms with E-state index in [0.29, 0.717) is 0 Å². The number of rotatable bonds is 3. The topological polar surface area (TPSA) is 70.0 Å². The van der Waals surface area contributed by atoms with Crippen molar-refractivity contribution in [1.29, 1.82) is 5.26 Å². The minimum absolute atomic E-state index is 0.00440. The lowest BCUT2D eigenvalue weighted by atomic mass is 10.3. The normalized spacial score (nSPS) is 10.7. The van der Waals surface area contributed by atoms with Gasteiger partial charge in [0.05, 0.1) is 11.8 Å². The molecule has 1 aromatic rings. The van der Waals surface area contributed by atoms with Gasteiger partial charge < -0.3 is 0 Å². The summed E-state index contributed by atoms with van der Waals surface area (Å²) in [7, 11) is -3.75. The van der Waals surface area contributed by atoms with Crippen LogP contribution in [0, 0.1) is 17.1 Å². The molecule has 0 unspecified atom stereocenters. The summed E-state index contributed by atoms with van der Waals surface area (Å²) in [4.78, 5) is 0. The number of nitrogens with one attached hydrogen (secondary N) is 1. The van der Waals surface area contributed by atoms with Gasteiger partial charge in [0.2, 0.25) is 10.0 Å². The molecule has 1 rings (SSSR count). The molecule has 0 aliphatic heterocycles. The number of nitriles is 1. The van der Waals surface area contributed by atoms with Crippen molar-refractivity contribution in [3.05, 3.63) is 29.0 Å². The van der Waals surface area contributed by atoms with Crippen LogP contribution in [0.1, 0.15) is 0 Å². The minimum atomic E-state index is -3.75. The molecular formula is C8H6ClFN2O2S. The van der Waals surface area contributed by atoms with E-state index in [1.165, 1.54) is 12.1 Å². The molecule has 0 aliphatic rings. The van der Waals surface area contributed by atoms with Crippen molar-refractivity contribution in [1.82, 2.24) is 0 Å². The summed E-state index contributed by atoms with van der Waals surface area (Å²) in [6.45, 7) is 0. The Bertz CT molecular complexity index is 490. The molecular weight excluding hydrogens is 243 g/mol. The third-order valence-corrected chi connectivity index (χ3v) is 2.66. The van der Waals surface area contributed by atoms with E-state index in [2.05, 4.69) is 0 Å². The Balaban J connectivity index is 2.96. The summed E-state index contributed by atoms with van der Waals surface area (Å²) in [5.41, 5.74) is -0.00440. The third kappa shape index (κ3) is 3.73. The molecule has 80 valence electrons. The quantitative estimate of drug-likeness (QED) is 0.886. The summed E-state index contributed by atoms with van der Waals surface area (Å²) in [6.07, 6.45) is 0. The van der Waals surface area contributed by atoms with Gasteiger partial charge in [0.25, 0.3) is 0 Å². The summed E-state index contributed by atoms with van der Waals surface area (Å²) < 4.78 is 37.1. The standard InChI is InChI=1S/C8H6ClFN2O2S/c9-6-3-7(10)5-8(4-6)12-15(13,14)2-1-11/h3-5,12H,2H2. The van der Waals surface area contributed by atoms with Gasteiger partial charge in [-0.3, -0.25) is 4.72 Å². The Morgan fingerprint density at radius 3 is 2.67 bits per heavy atom. The highest BCUT2D eigenvalue weighted by molar-refractivity contribution is 7.92. The van der Waals surface area contributed by atoms with Gasteiger partial charge in [0.15, 0.2) is 5.75 Å². The number of sulfonamides is 1. The molecule has 0 heterocycles. The molecule has 15 heavy (non-hydrogen) atoms. The zero-order chi connectivity index (χ0) is 11.5. The lowest BCUT2D eigenvalue weighted by molar-refractivity contribution is 0.604. The van der Waals surface area contributed by atoms with Crippen LogP contribution in [0.3, 0.4) is 0 Å². The molecule has 0 atom stereocenters. The Morgan fingerprint density at radius 1 is 1.47 bits per heavy atom. The SMILES string of the molecule is N#CCS(=O)(=O)Nc1cc(F)cc(Cl)c1. The predicted octanol–water partition coefficient (Wildman–Crippen LogP) is 1.74. The van der Waals surface area contributed by atoms with E-state index < -0.39 is 21.6 Å². The number of hydrogen-bond donors (Lipinski definition) is 1. The van der Waals surface area contributed by atoms with Crippen molar-refractivity contribution in [3.8, 4) is 6.07 Å². The highest BCUT2D eigenvalue weighted by Gasteiger charge is 2.10. The third-order valence-electron chi connectivity index (χ3n) is 1.39. The molecule has 0 bridgehead atoms. The lowest BCUT2D eigenvalue weighted by Crippen LogP contribution is -2.15. The first-order valence-corrected chi connectivity index (χ1v) is 5.79.